The van der Waals surface area contributed by atoms with E-state index in [-0.39, 0.29) is 5.56 Å². The van der Waals surface area contributed by atoms with Crippen LogP contribution < -0.4 is 5.32 Å². The van der Waals surface area contributed by atoms with Gasteiger partial charge in [-0.3, -0.25) is 14.9 Å². The number of halogens is 3. The molecule has 0 saturated carbocycles. The number of hydrogen-bond donors (Lipinski definition) is 1. The number of anilines is 1. The first kappa shape index (κ1) is 20.9. The Hall–Kier alpha value is -3.43. The smallest absolute Gasteiger partial charge is 0.416 e. The Morgan fingerprint density at radius 2 is 1.79 bits per heavy atom. The zero-order valence-electron chi connectivity index (χ0n) is 14.8. The van der Waals surface area contributed by atoms with Gasteiger partial charge < -0.3 is 10.1 Å². The van der Waals surface area contributed by atoms with Crippen molar-refractivity contribution in [3.8, 4) is 0 Å². The summed E-state index contributed by atoms with van der Waals surface area (Å²) < 4.78 is 42.9. The van der Waals surface area contributed by atoms with E-state index in [0.717, 1.165) is 17.2 Å². The van der Waals surface area contributed by atoms with Gasteiger partial charge in [-0.2, -0.15) is 13.2 Å². The molecule has 0 spiro atoms. The number of ether oxygens (including phenoxy) is 1. The zero-order valence-corrected chi connectivity index (χ0v) is 14.8. The maximum atomic E-state index is 12.7. The van der Waals surface area contributed by atoms with Crippen LogP contribution >= 0.6 is 0 Å². The molecule has 0 aliphatic heterocycles. The fourth-order valence-corrected chi connectivity index (χ4v) is 2.23. The number of benzene rings is 2. The van der Waals surface area contributed by atoms with Gasteiger partial charge in [0.25, 0.3) is 11.6 Å². The molecule has 0 aliphatic carbocycles. The maximum Gasteiger partial charge on any atom is 0.416 e. The van der Waals surface area contributed by atoms with Gasteiger partial charge in [-0.25, -0.2) is 4.79 Å². The average Bonchev–Trinajstić information content (AvgIpc) is 2.61. The number of nitro benzene ring substituents is 1. The number of nitro groups is 1. The Bertz CT molecular complexity index is 941. The lowest BCUT2D eigenvalue weighted by atomic mass is 10.1. The largest absolute Gasteiger partial charge is 0.452 e. The van der Waals surface area contributed by atoms with Crippen molar-refractivity contribution >= 4 is 23.3 Å². The van der Waals surface area contributed by atoms with Gasteiger partial charge in [0.2, 0.25) is 0 Å². The molecule has 2 rings (SSSR count). The third-order valence-corrected chi connectivity index (χ3v) is 3.87. The standard InChI is InChI=1S/C18H15F3N2O5/c1-10-3-4-12(7-11(10)2)17(25)28-9-16(24)22-14-6-5-13(18(19,20)21)8-15(14)23(26)27/h3-8H,9H2,1-2H3,(H,22,24). The van der Waals surface area contributed by atoms with E-state index in [1.807, 2.05) is 6.92 Å². The number of nitrogens with zero attached hydrogens (tertiary/aromatic N) is 1. The summed E-state index contributed by atoms with van der Waals surface area (Å²) in [6, 6.07) is 6.49. The van der Waals surface area contributed by atoms with E-state index in [1.54, 1.807) is 19.1 Å². The number of hydrogen-bond acceptors (Lipinski definition) is 5. The Kier molecular flexibility index (Phi) is 6.02. The molecular formula is C18H15F3N2O5. The Morgan fingerprint density at radius 1 is 1.11 bits per heavy atom. The number of carbonyl (C=O) groups is 2. The fraction of sp³-hybridized carbons (Fsp3) is 0.222. The number of nitrogens with one attached hydrogen (secondary N) is 1. The molecule has 0 radical (unpaired) electrons. The Balaban J connectivity index is 2.07. The Labute approximate surface area is 157 Å². The SMILES string of the molecule is Cc1ccc(C(=O)OCC(=O)Nc2ccc(C(F)(F)F)cc2[N+](=O)[O-])cc1C. The average molecular weight is 396 g/mol. The van der Waals surface area contributed by atoms with Gasteiger partial charge in [0.15, 0.2) is 6.61 Å². The van der Waals surface area contributed by atoms with Crippen molar-refractivity contribution in [3.05, 3.63) is 68.8 Å². The lowest BCUT2D eigenvalue weighted by molar-refractivity contribution is -0.384. The van der Waals surface area contributed by atoms with Gasteiger partial charge in [0, 0.05) is 6.07 Å². The van der Waals surface area contributed by atoms with E-state index in [0.29, 0.717) is 12.1 Å². The molecule has 0 saturated heterocycles. The van der Waals surface area contributed by atoms with E-state index >= 15 is 0 Å². The summed E-state index contributed by atoms with van der Waals surface area (Å²) in [5.74, 6) is -1.71. The molecule has 10 heteroatoms. The van der Waals surface area contributed by atoms with Crippen LogP contribution in [0.3, 0.4) is 0 Å². The Morgan fingerprint density at radius 3 is 2.36 bits per heavy atom. The monoisotopic (exact) mass is 396 g/mol. The highest BCUT2D eigenvalue weighted by atomic mass is 19.4. The van der Waals surface area contributed by atoms with Gasteiger partial charge in [-0.15, -0.1) is 0 Å². The van der Waals surface area contributed by atoms with Gasteiger partial charge in [-0.05, 0) is 49.2 Å². The van der Waals surface area contributed by atoms with Crippen LogP contribution in [0.5, 0.6) is 0 Å². The topological polar surface area (TPSA) is 98.5 Å². The lowest BCUT2D eigenvalue weighted by Crippen LogP contribution is -2.21. The van der Waals surface area contributed by atoms with E-state index < -0.39 is 46.5 Å². The van der Waals surface area contributed by atoms with E-state index in [2.05, 4.69) is 5.32 Å². The minimum absolute atomic E-state index is 0.219. The van der Waals surface area contributed by atoms with Gasteiger partial charge in [-0.1, -0.05) is 6.07 Å². The number of carbonyl (C=O) groups excluding carboxylic acids is 2. The molecule has 0 fully saturated rings. The highest BCUT2D eigenvalue weighted by molar-refractivity contribution is 5.96. The minimum Gasteiger partial charge on any atom is -0.452 e. The molecule has 0 bridgehead atoms. The number of aryl methyl sites for hydroxylation is 2. The third kappa shape index (κ3) is 5.06. The van der Waals surface area contributed by atoms with E-state index in [1.165, 1.54) is 6.07 Å². The molecule has 0 unspecified atom stereocenters. The molecule has 2 aromatic rings. The molecule has 1 N–H and O–H groups in total. The van der Waals surface area contributed by atoms with Crippen molar-refractivity contribution in [2.24, 2.45) is 0 Å². The van der Waals surface area contributed by atoms with E-state index in [9.17, 15) is 32.9 Å². The molecule has 0 atom stereocenters. The van der Waals surface area contributed by atoms with Crippen LogP contribution in [0.25, 0.3) is 0 Å². The van der Waals surface area contributed by atoms with Crippen molar-refractivity contribution in [1.29, 1.82) is 0 Å². The summed E-state index contributed by atoms with van der Waals surface area (Å²) in [5, 5.41) is 13.1. The molecule has 28 heavy (non-hydrogen) atoms. The van der Waals surface area contributed by atoms with Crippen LogP contribution in [0.4, 0.5) is 24.5 Å². The molecule has 2 aromatic carbocycles. The summed E-state index contributed by atoms with van der Waals surface area (Å²) in [5.41, 5.74) is -0.563. The number of esters is 1. The van der Waals surface area contributed by atoms with Crippen molar-refractivity contribution in [2.75, 3.05) is 11.9 Å². The zero-order chi connectivity index (χ0) is 21.1. The van der Waals surface area contributed by atoms with Gasteiger partial charge >= 0.3 is 12.1 Å². The van der Waals surface area contributed by atoms with Crippen LogP contribution in [0.15, 0.2) is 36.4 Å². The molecular weight excluding hydrogens is 381 g/mol. The van der Waals surface area contributed by atoms with Crippen molar-refractivity contribution < 1.29 is 32.4 Å². The maximum absolute atomic E-state index is 12.7. The van der Waals surface area contributed by atoms with Gasteiger partial charge in [0.05, 0.1) is 16.1 Å². The van der Waals surface area contributed by atoms with Crippen LogP contribution in [0, 0.1) is 24.0 Å². The second kappa shape index (κ2) is 8.07. The van der Waals surface area contributed by atoms with E-state index in [4.69, 9.17) is 4.74 Å². The summed E-state index contributed by atoms with van der Waals surface area (Å²) in [6.45, 7) is 2.89. The molecule has 7 nitrogen and oxygen atoms in total. The first-order chi connectivity index (χ1) is 13.0. The van der Waals surface area contributed by atoms with Crippen LogP contribution in [-0.4, -0.2) is 23.4 Å². The first-order valence-corrected chi connectivity index (χ1v) is 7.89. The summed E-state index contributed by atoms with van der Waals surface area (Å²) >= 11 is 0. The lowest BCUT2D eigenvalue weighted by Gasteiger charge is -2.10. The number of rotatable bonds is 5. The highest BCUT2D eigenvalue weighted by Crippen LogP contribution is 2.34. The first-order valence-electron chi connectivity index (χ1n) is 7.89. The van der Waals surface area contributed by atoms with Crippen molar-refractivity contribution in [2.45, 2.75) is 20.0 Å². The summed E-state index contributed by atoms with van der Waals surface area (Å²) in [7, 11) is 0. The number of amides is 1. The van der Waals surface area contributed by atoms with Gasteiger partial charge in [0.1, 0.15) is 5.69 Å². The predicted octanol–water partition coefficient (Wildman–Crippen LogP) is 4.03. The predicted molar refractivity (Wildman–Crippen MR) is 92.9 cm³/mol. The fourth-order valence-electron chi connectivity index (χ4n) is 2.23. The summed E-state index contributed by atoms with van der Waals surface area (Å²) in [4.78, 5) is 33.8. The molecule has 1 amide bonds. The summed E-state index contributed by atoms with van der Waals surface area (Å²) in [6.07, 6.45) is -4.77. The third-order valence-electron chi connectivity index (χ3n) is 3.87. The highest BCUT2D eigenvalue weighted by Gasteiger charge is 2.33. The van der Waals surface area contributed by atoms with Crippen LogP contribution in [0.1, 0.15) is 27.0 Å². The van der Waals surface area contributed by atoms with Crippen LogP contribution in [0.2, 0.25) is 0 Å². The minimum atomic E-state index is -4.77. The second-order valence-corrected chi connectivity index (χ2v) is 5.91. The number of alkyl halides is 3. The van der Waals surface area contributed by atoms with Crippen molar-refractivity contribution in [3.63, 3.8) is 0 Å². The van der Waals surface area contributed by atoms with Crippen molar-refractivity contribution in [1.82, 2.24) is 0 Å². The molecule has 148 valence electrons. The quantitative estimate of drug-likeness (QED) is 0.467. The van der Waals surface area contributed by atoms with Crippen LogP contribution in [-0.2, 0) is 15.7 Å². The molecule has 0 aromatic heterocycles. The molecule has 0 heterocycles. The second-order valence-electron chi connectivity index (χ2n) is 5.91. The normalized spacial score (nSPS) is 11.0. The molecule has 0 aliphatic rings.